The molecule has 1 aromatic carbocycles. The summed E-state index contributed by atoms with van der Waals surface area (Å²) in [5.41, 5.74) is 4.05. The normalized spacial score (nSPS) is 13.8. The lowest BCUT2D eigenvalue weighted by Gasteiger charge is -2.21. The standard InChI is InChI=1S/C18H22FN5/c1-12-8-22-24(11-12)14(3)13(2)20-9-16-10-21-23-18(16)15-4-6-17(19)7-5-15/h4-8,10-11,13-14,20H,9H2,1-3H3,(H,21,23)/t13-,14-/m0/s1. The van der Waals surface area contributed by atoms with E-state index >= 15 is 0 Å². The predicted molar refractivity (Wildman–Crippen MR) is 92.0 cm³/mol. The van der Waals surface area contributed by atoms with E-state index in [1.165, 1.54) is 12.1 Å². The van der Waals surface area contributed by atoms with Crippen molar-refractivity contribution in [2.45, 2.75) is 39.4 Å². The third-order valence-corrected chi connectivity index (χ3v) is 4.34. The first kappa shape index (κ1) is 16.4. The van der Waals surface area contributed by atoms with E-state index in [0.29, 0.717) is 6.54 Å². The summed E-state index contributed by atoms with van der Waals surface area (Å²) in [4.78, 5) is 0. The number of aryl methyl sites for hydroxylation is 1. The molecule has 5 nitrogen and oxygen atoms in total. The summed E-state index contributed by atoms with van der Waals surface area (Å²) in [6.07, 6.45) is 5.72. The van der Waals surface area contributed by atoms with Crippen molar-refractivity contribution in [3.63, 3.8) is 0 Å². The molecule has 3 rings (SSSR count). The lowest BCUT2D eigenvalue weighted by atomic mass is 10.1. The molecule has 2 N–H and O–H groups in total. The molecule has 0 unspecified atom stereocenters. The second kappa shape index (κ2) is 6.97. The third-order valence-electron chi connectivity index (χ3n) is 4.34. The van der Waals surface area contributed by atoms with E-state index in [0.717, 1.165) is 22.4 Å². The lowest BCUT2D eigenvalue weighted by molar-refractivity contribution is 0.365. The van der Waals surface area contributed by atoms with Crippen LogP contribution in [0.25, 0.3) is 11.3 Å². The number of rotatable bonds is 6. The Morgan fingerprint density at radius 2 is 1.96 bits per heavy atom. The maximum absolute atomic E-state index is 13.1. The van der Waals surface area contributed by atoms with Crippen molar-refractivity contribution in [3.8, 4) is 11.3 Å². The molecule has 0 spiro atoms. The van der Waals surface area contributed by atoms with Gasteiger partial charge in [-0.3, -0.25) is 9.78 Å². The number of hydrogen-bond acceptors (Lipinski definition) is 3. The molecule has 0 saturated carbocycles. The Morgan fingerprint density at radius 3 is 2.62 bits per heavy atom. The smallest absolute Gasteiger partial charge is 0.123 e. The summed E-state index contributed by atoms with van der Waals surface area (Å²) in [7, 11) is 0. The number of aromatic amines is 1. The van der Waals surface area contributed by atoms with Gasteiger partial charge in [0.05, 0.1) is 24.1 Å². The molecule has 0 aliphatic heterocycles. The van der Waals surface area contributed by atoms with E-state index in [-0.39, 0.29) is 17.9 Å². The van der Waals surface area contributed by atoms with Gasteiger partial charge in [-0.1, -0.05) is 0 Å². The highest BCUT2D eigenvalue weighted by Gasteiger charge is 2.16. The van der Waals surface area contributed by atoms with Crippen LogP contribution in [0.15, 0.2) is 42.9 Å². The van der Waals surface area contributed by atoms with Crippen molar-refractivity contribution >= 4 is 0 Å². The maximum atomic E-state index is 13.1. The van der Waals surface area contributed by atoms with Crippen molar-refractivity contribution in [2.24, 2.45) is 0 Å². The van der Waals surface area contributed by atoms with Crippen LogP contribution in [0.3, 0.4) is 0 Å². The highest BCUT2D eigenvalue weighted by atomic mass is 19.1. The second-order valence-corrected chi connectivity index (χ2v) is 6.19. The number of aromatic nitrogens is 4. The van der Waals surface area contributed by atoms with E-state index in [4.69, 9.17) is 0 Å². The molecule has 0 aliphatic rings. The molecular weight excluding hydrogens is 305 g/mol. The van der Waals surface area contributed by atoms with Gasteiger partial charge in [0, 0.05) is 29.9 Å². The molecule has 2 atom stereocenters. The average molecular weight is 327 g/mol. The summed E-state index contributed by atoms with van der Waals surface area (Å²) in [6.45, 7) is 6.99. The van der Waals surface area contributed by atoms with E-state index in [2.05, 4.69) is 34.5 Å². The highest BCUT2D eigenvalue weighted by molar-refractivity contribution is 5.62. The van der Waals surface area contributed by atoms with Gasteiger partial charge in [-0.05, 0) is 50.6 Å². The van der Waals surface area contributed by atoms with Gasteiger partial charge < -0.3 is 5.32 Å². The van der Waals surface area contributed by atoms with E-state index < -0.39 is 0 Å². The minimum Gasteiger partial charge on any atom is -0.308 e. The van der Waals surface area contributed by atoms with Gasteiger partial charge in [-0.15, -0.1) is 0 Å². The van der Waals surface area contributed by atoms with Crippen molar-refractivity contribution in [1.29, 1.82) is 0 Å². The summed E-state index contributed by atoms with van der Waals surface area (Å²) < 4.78 is 15.1. The van der Waals surface area contributed by atoms with Crippen LogP contribution in [-0.4, -0.2) is 26.0 Å². The zero-order valence-corrected chi connectivity index (χ0v) is 14.1. The molecule has 2 aromatic heterocycles. The summed E-state index contributed by atoms with van der Waals surface area (Å²) in [5, 5.41) is 15.0. The molecule has 24 heavy (non-hydrogen) atoms. The van der Waals surface area contributed by atoms with Gasteiger partial charge in [0.2, 0.25) is 0 Å². The molecule has 0 aliphatic carbocycles. The van der Waals surface area contributed by atoms with E-state index in [1.807, 2.05) is 24.0 Å². The molecule has 0 saturated heterocycles. The first-order valence-electron chi connectivity index (χ1n) is 8.07. The van der Waals surface area contributed by atoms with Crippen LogP contribution < -0.4 is 5.32 Å². The van der Waals surface area contributed by atoms with Crippen LogP contribution in [0.5, 0.6) is 0 Å². The second-order valence-electron chi connectivity index (χ2n) is 6.19. The number of H-pyrrole nitrogens is 1. The minimum atomic E-state index is -0.241. The number of nitrogens with one attached hydrogen (secondary N) is 2. The summed E-state index contributed by atoms with van der Waals surface area (Å²) in [6, 6.07) is 6.90. The number of halogens is 1. The molecule has 2 heterocycles. The Morgan fingerprint density at radius 1 is 1.21 bits per heavy atom. The Labute approximate surface area is 140 Å². The maximum Gasteiger partial charge on any atom is 0.123 e. The molecule has 6 heteroatoms. The Hall–Kier alpha value is -2.47. The molecule has 0 fully saturated rings. The molecule has 126 valence electrons. The van der Waals surface area contributed by atoms with Crippen LogP contribution in [0, 0.1) is 12.7 Å². The van der Waals surface area contributed by atoms with Crippen molar-refractivity contribution in [3.05, 3.63) is 59.8 Å². The fourth-order valence-corrected chi connectivity index (χ4v) is 2.64. The number of benzene rings is 1. The first-order valence-corrected chi connectivity index (χ1v) is 8.07. The van der Waals surface area contributed by atoms with Crippen molar-refractivity contribution < 1.29 is 4.39 Å². The highest BCUT2D eigenvalue weighted by Crippen LogP contribution is 2.21. The first-order chi connectivity index (χ1) is 11.5. The van der Waals surface area contributed by atoms with E-state index in [1.54, 1.807) is 18.3 Å². The van der Waals surface area contributed by atoms with Gasteiger partial charge in [0.15, 0.2) is 0 Å². The molecule has 0 amide bonds. The number of nitrogens with zero attached hydrogens (tertiary/aromatic N) is 3. The fraction of sp³-hybridized carbons (Fsp3) is 0.333. The monoisotopic (exact) mass is 327 g/mol. The van der Waals surface area contributed by atoms with Gasteiger partial charge in [0.1, 0.15) is 5.82 Å². The zero-order chi connectivity index (χ0) is 17.1. The Kier molecular flexibility index (Phi) is 4.76. The fourth-order valence-electron chi connectivity index (χ4n) is 2.64. The summed E-state index contributed by atoms with van der Waals surface area (Å²) in [5.74, 6) is -0.241. The Bertz CT molecular complexity index is 790. The van der Waals surface area contributed by atoms with Gasteiger partial charge in [-0.25, -0.2) is 4.39 Å². The van der Waals surface area contributed by atoms with E-state index in [9.17, 15) is 4.39 Å². The topological polar surface area (TPSA) is 58.5 Å². The van der Waals surface area contributed by atoms with Crippen LogP contribution in [0.4, 0.5) is 4.39 Å². The quantitative estimate of drug-likeness (QED) is 0.729. The largest absolute Gasteiger partial charge is 0.308 e. The molecule has 3 aromatic rings. The zero-order valence-electron chi connectivity index (χ0n) is 14.1. The van der Waals surface area contributed by atoms with Crippen LogP contribution in [0.2, 0.25) is 0 Å². The Balaban J connectivity index is 1.67. The van der Waals surface area contributed by atoms with Crippen molar-refractivity contribution in [1.82, 2.24) is 25.3 Å². The molecular formula is C18H22FN5. The third kappa shape index (κ3) is 3.54. The predicted octanol–water partition coefficient (Wildman–Crippen LogP) is 3.46. The summed E-state index contributed by atoms with van der Waals surface area (Å²) >= 11 is 0. The molecule has 0 radical (unpaired) electrons. The van der Waals surface area contributed by atoms with Crippen molar-refractivity contribution in [2.75, 3.05) is 0 Å². The van der Waals surface area contributed by atoms with Crippen LogP contribution >= 0.6 is 0 Å². The lowest BCUT2D eigenvalue weighted by Crippen LogP contribution is -2.33. The molecule has 0 bridgehead atoms. The average Bonchev–Trinajstić information content (AvgIpc) is 3.21. The SMILES string of the molecule is Cc1cnn([C@@H](C)[C@H](C)NCc2cn[nH]c2-c2ccc(F)cc2)c1. The van der Waals surface area contributed by atoms with Crippen LogP contribution in [0.1, 0.15) is 31.0 Å². The van der Waals surface area contributed by atoms with Gasteiger partial charge in [-0.2, -0.15) is 10.2 Å². The minimum absolute atomic E-state index is 0.236. The van der Waals surface area contributed by atoms with Gasteiger partial charge in [0.25, 0.3) is 0 Å². The van der Waals surface area contributed by atoms with Crippen LogP contribution in [-0.2, 0) is 6.54 Å². The number of hydrogen-bond donors (Lipinski definition) is 2. The van der Waals surface area contributed by atoms with Gasteiger partial charge >= 0.3 is 0 Å².